The predicted octanol–water partition coefficient (Wildman–Crippen LogP) is 1.39. The number of ether oxygens (including phenoxy) is 3. The molecule has 1 N–H and O–H groups in total. The average Bonchev–Trinajstić information content (AvgIpc) is 3.78. The van der Waals surface area contributed by atoms with Crippen molar-refractivity contribution in [3.63, 3.8) is 0 Å². The first-order chi connectivity index (χ1) is 21.0. The standard InChI is InChI=1S/C13H28O5Si.C9H19NO4S.C9H16O3.K/c1-7-13(5,6)12(14)15-11-19(16-8-2,17-9-3)18-10-4;1-5-7(2)8(11)10-9(3,4)6-15(12,13)14;1-4-9(2,3)8(10)12-6-7-5-11-7;/h7-11H2,1-6H3;7H,5-6H2,1-4H3,(H,10,11)(H,12,13,14);7H,4-6H2,1-3H3;/q;;;+1/p-1. The zero-order valence-corrected chi connectivity index (χ0v) is 36.5. The Labute approximate surface area is 328 Å². The van der Waals surface area contributed by atoms with Gasteiger partial charge in [0.25, 0.3) is 0 Å². The Morgan fingerprint density at radius 2 is 1.26 bits per heavy atom. The van der Waals surface area contributed by atoms with Crippen molar-refractivity contribution in [1.82, 2.24) is 5.32 Å². The summed E-state index contributed by atoms with van der Waals surface area (Å²) in [5.74, 6) is -1.38. The van der Waals surface area contributed by atoms with Crippen LogP contribution < -0.4 is 56.7 Å². The van der Waals surface area contributed by atoms with E-state index >= 15 is 0 Å². The molecule has 1 heterocycles. The van der Waals surface area contributed by atoms with Gasteiger partial charge in [0.1, 0.15) is 12.7 Å². The summed E-state index contributed by atoms with van der Waals surface area (Å²) in [5.41, 5.74) is -1.86. The maximum absolute atomic E-state index is 12.0. The summed E-state index contributed by atoms with van der Waals surface area (Å²) in [5, 5.41) is 2.55. The molecule has 274 valence electrons. The third-order valence-corrected chi connectivity index (χ3v) is 11.0. The number of hydrogen-bond acceptors (Lipinski definition) is 12. The van der Waals surface area contributed by atoms with Crippen LogP contribution in [0, 0.1) is 16.7 Å². The first-order valence-electron chi connectivity index (χ1n) is 16.1. The van der Waals surface area contributed by atoms with E-state index in [1.165, 1.54) is 13.8 Å². The molecule has 0 aromatic rings. The second-order valence-electron chi connectivity index (χ2n) is 13.0. The Morgan fingerprint density at radius 1 is 0.851 bits per heavy atom. The molecule has 2 unspecified atom stereocenters. The van der Waals surface area contributed by atoms with E-state index in [1.807, 2.05) is 69.2 Å². The molecule has 0 aromatic carbocycles. The van der Waals surface area contributed by atoms with Gasteiger partial charge in [-0.15, -0.1) is 0 Å². The van der Waals surface area contributed by atoms with Crippen LogP contribution in [0.1, 0.15) is 109 Å². The van der Waals surface area contributed by atoms with Crippen molar-refractivity contribution in [3.8, 4) is 0 Å². The van der Waals surface area contributed by atoms with Gasteiger partial charge in [0, 0.05) is 31.3 Å². The molecular weight excluding hydrogens is 678 g/mol. The van der Waals surface area contributed by atoms with E-state index < -0.39 is 35.6 Å². The molecule has 1 amide bonds. The molecule has 1 fully saturated rings. The Balaban J connectivity index is -0.000000626. The van der Waals surface area contributed by atoms with Crippen LogP contribution in [0.5, 0.6) is 0 Å². The van der Waals surface area contributed by atoms with Gasteiger partial charge < -0.3 is 37.4 Å². The van der Waals surface area contributed by atoms with Crippen molar-refractivity contribution in [1.29, 1.82) is 0 Å². The minimum atomic E-state index is -4.32. The fraction of sp³-hybridized carbons (Fsp3) is 0.903. The van der Waals surface area contributed by atoms with Gasteiger partial charge in [-0.1, -0.05) is 27.7 Å². The molecule has 1 aliphatic heterocycles. The van der Waals surface area contributed by atoms with E-state index in [2.05, 4.69) is 5.32 Å². The molecule has 0 aromatic heterocycles. The summed E-state index contributed by atoms with van der Waals surface area (Å²) >= 11 is 0. The molecule has 0 bridgehead atoms. The maximum Gasteiger partial charge on any atom is 1.00 e. The summed E-state index contributed by atoms with van der Waals surface area (Å²) in [7, 11) is -7.22. The fourth-order valence-corrected chi connectivity index (χ4v) is 6.28. The van der Waals surface area contributed by atoms with E-state index in [4.69, 9.17) is 27.5 Å². The molecule has 0 aliphatic carbocycles. The van der Waals surface area contributed by atoms with Gasteiger partial charge in [0.2, 0.25) is 5.91 Å². The molecule has 16 heteroatoms. The first-order valence-corrected chi connectivity index (χ1v) is 19.6. The number of hydrogen-bond donors (Lipinski definition) is 1. The molecule has 1 rings (SSSR count). The number of esters is 2. The average molecular weight is 740 g/mol. The zero-order valence-electron chi connectivity index (χ0n) is 31.5. The minimum Gasteiger partial charge on any atom is -0.748 e. The van der Waals surface area contributed by atoms with Gasteiger partial charge in [0.05, 0.1) is 33.3 Å². The second-order valence-corrected chi connectivity index (χ2v) is 16.9. The van der Waals surface area contributed by atoms with Crippen molar-refractivity contribution in [2.75, 3.05) is 45.0 Å². The van der Waals surface area contributed by atoms with Gasteiger partial charge in [-0.3, -0.25) is 14.4 Å². The number of nitrogens with one attached hydrogen (secondary N) is 1. The van der Waals surface area contributed by atoms with Crippen LogP contribution in [-0.4, -0.2) is 96.3 Å². The molecule has 47 heavy (non-hydrogen) atoms. The molecule has 0 spiro atoms. The normalized spacial score (nSPS) is 15.4. The monoisotopic (exact) mass is 739 g/mol. The summed E-state index contributed by atoms with van der Waals surface area (Å²) < 4.78 is 63.9. The van der Waals surface area contributed by atoms with E-state index in [-0.39, 0.29) is 92.9 Å². The van der Waals surface area contributed by atoms with E-state index in [0.29, 0.717) is 32.8 Å². The first kappa shape index (κ1) is 51.4. The van der Waals surface area contributed by atoms with Crippen molar-refractivity contribution in [2.24, 2.45) is 16.7 Å². The third-order valence-electron chi connectivity index (χ3n) is 7.21. The van der Waals surface area contributed by atoms with Crippen LogP contribution in [0.15, 0.2) is 0 Å². The van der Waals surface area contributed by atoms with E-state index in [9.17, 15) is 27.4 Å². The predicted molar refractivity (Wildman–Crippen MR) is 177 cm³/mol. The molecule has 1 saturated heterocycles. The van der Waals surface area contributed by atoms with Gasteiger partial charge in [-0.05, 0) is 81.6 Å². The Hall–Kier alpha value is 0.0132. The topological polar surface area (TPSA) is 179 Å². The van der Waals surface area contributed by atoms with Crippen LogP contribution in [-0.2, 0) is 52.0 Å². The van der Waals surface area contributed by atoms with E-state index in [1.54, 1.807) is 6.92 Å². The number of rotatable bonds is 19. The van der Waals surface area contributed by atoms with Crippen molar-refractivity contribution >= 4 is 36.8 Å². The van der Waals surface area contributed by atoms with Crippen LogP contribution >= 0.6 is 0 Å². The SMILES string of the molecule is CCC(C)(C)C(=O)OCC1CO1.CCC(C)C(=O)NC(C)(C)CS(=O)(=O)[O-].CCO[Si](COC(=O)C(C)(C)CC)(OCC)OCC.[K+]. The van der Waals surface area contributed by atoms with Gasteiger partial charge in [0.15, 0.2) is 6.23 Å². The Bertz CT molecular complexity index is 1000. The van der Waals surface area contributed by atoms with Crippen molar-refractivity contribution < 1.29 is 106 Å². The smallest absolute Gasteiger partial charge is 0.748 e. The van der Waals surface area contributed by atoms with Crippen LogP contribution in [0.2, 0.25) is 0 Å². The van der Waals surface area contributed by atoms with Crippen molar-refractivity contribution in [3.05, 3.63) is 0 Å². The van der Waals surface area contributed by atoms with Crippen LogP contribution in [0.4, 0.5) is 0 Å². The number of epoxide rings is 1. The summed E-state index contributed by atoms with van der Waals surface area (Å²) in [6.45, 7) is 26.3. The second kappa shape index (κ2) is 24.2. The van der Waals surface area contributed by atoms with Crippen molar-refractivity contribution in [2.45, 2.75) is 121 Å². The summed E-state index contributed by atoms with van der Waals surface area (Å²) in [6, 6.07) is 0. The van der Waals surface area contributed by atoms with Gasteiger partial charge in [-0.2, -0.15) is 0 Å². The molecule has 0 radical (unpaired) electrons. The van der Waals surface area contributed by atoms with Gasteiger partial charge in [-0.25, -0.2) is 8.42 Å². The Morgan fingerprint density at radius 3 is 1.57 bits per heavy atom. The molecule has 2 atom stereocenters. The number of carbonyl (C=O) groups excluding carboxylic acids is 3. The third kappa shape index (κ3) is 23.9. The zero-order chi connectivity index (χ0) is 36.4. The van der Waals surface area contributed by atoms with E-state index in [0.717, 1.165) is 19.4 Å². The largest absolute Gasteiger partial charge is 1.00 e. The minimum absolute atomic E-state index is 0. The van der Waals surface area contributed by atoms with Crippen LogP contribution in [0.25, 0.3) is 0 Å². The van der Waals surface area contributed by atoms with Crippen LogP contribution in [0.3, 0.4) is 0 Å². The Kier molecular flexibility index (Phi) is 26.5. The quantitative estimate of drug-likeness (QED) is 0.0873. The molecule has 1 aliphatic rings. The molecular formula is C31H62KNO12SSi. The summed E-state index contributed by atoms with van der Waals surface area (Å²) in [4.78, 5) is 34.8. The molecule has 13 nitrogen and oxygen atoms in total. The fourth-order valence-electron chi connectivity index (χ4n) is 3.20. The number of carbonyl (C=O) groups is 3. The van der Waals surface area contributed by atoms with Gasteiger partial charge >= 0.3 is 72.1 Å². The maximum atomic E-state index is 12.0. The number of amides is 1. The molecule has 0 saturated carbocycles. The summed E-state index contributed by atoms with van der Waals surface area (Å²) in [6.07, 6.45) is 2.44.